The standard InChI is InChI=1S/C19H28N2O4/c1-18(2,3)25-17(23)20-12-10-16(22)21-13-19(24)11-6-8-14-7-4-5-9-15(14)19/h4-5,7,9,24H,6,8,10-13H2,1-3H3,(H,20,23)(H,21,22). The second kappa shape index (κ2) is 7.87. The first-order chi connectivity index (χ1) is 11.7. The Kier molecular flexibility index (Phi) is 6.06. The molecule has 0 fully saturated rings. The van der Waals surface area contributed by atoms with Crippen LogP contribution in [0.5, 0.6) is 0 Å². The van der Waals surface area contributed by atoms with E-state index < -0.39 is 17.3 Å². The molecule has 1 atom stereocenters. The first-order valence-electron chi connectivity index (χ1n) is 8.74. The van der Waals surface area contributed by atoms with Crippen LogP contribution in [0.4, 0.5) is 4.79 Å². The third-order valence-corrected chi connectivity index (χ3v) is 4.15. The molecule has 6 nitrogen and oxygen atoms in total. The van der Waals surface area contributed by atoms with E-state index in [1.165, 1.54) is 0 Å². The molecule has 1 aromatic carbocycles. The van der Waals surface area contributed by atoms with Crippen LogP contribution >= 0.6 is 0 Å². The molecule has 6 heteroatoms. The number of alkyl carbamates (subject to hydrolysis) is 1. The van der Waals surface area contributed by atoms with Crippen molar-refractivity contribution in [2.75, 3.05) is 13.1 Å². The molecule has 0 saturated heterocycles. The molecule has 2 amide bonds. The summed E-state index contributed by atoms with van der Waals surface area (Å²) in [5.74, 6) is -0.215. The zero-order valence-corrected chi connectivity index (χ0v) is 15.2. The number of hydrogen-bond acceptors (Lipinski definition) is 4. The van der Waals surface area contributed by atoms with Crippen molar-refractivity contribution in [2.24, 2.45) is 0 Å². The summed E-state index contributed by atoms with van der Waals surface area (Å²) in [6.45, 7) is 5.71. The summed E-state index contributed by atoms with van der Waals surface area (Å²) in [6.07, 6.45) is 2.06. The van der Waals surface area contributed by atoms with Gasteiger partial charge in [0.15, 0.2) is 0 Å². The summed E-state index contributed by atoms with van der Waals surface area (Å²) >= 11 is 0. The Balaban J connectivity index is 1.78. The van der Waals surface area contributed by atoms with E-state index in [0.29, 0.717) is 6.42 Å². The number of ether oxygens (including phenoxy) is 1. The molecule has 1 unspecified atom stereocenters. The molecule has 1 aliphatic rings. The van der Waals surface area contributed by atoms with Crippen LogP contribution in [-0.2, 0) is 21.6 Å². The van der Waals surface area contributed by atoms with Crippen LogP contribution in [0.3, 0.4) is 0 Å². The van der Waals surface area contributed by atoms with Gasteiger partial charge in [-0.25, -0.2) is 4.79 Å². The van der Waals surface area contributed by atoms with Crippen molar-refractivity contribution in [3.63, 3.8) is 0 Å². The normalized spacial score (nSPS) is 19.7. The van der Waals surface area contributed by atoms with Gasteiger partial charge >= 0.3 is 6.09 Å². The van der Waals surface area contributed by atoms with Crippen molar-refractivity contribution in [2.45, 2.75) is 57.7 Å². The predicted octanol–water partition coefficient (Wildman–Crippen LogP) is 2.24. The lowest BCUT2D eigenvalue weighted by molar-refractivity contribution is -0.122. The molecule has 1 aromatic rings. The fourth-order valence-corrected chi connectivity index (χ4v) is 3.01. The number of carbonyl (C=O) groups excluding carboxylic acids is 2. The second-order valence-corrected chi connectivity index (χ2v) is 7.50. The van der Waals surface area contributed by atoms with Gasteiger partial charge < -0.3 is 20.5 Å². The zero-order valence-electron chi connectivity index (χ0n) is 15.2. The molecule has 0 aromatic heterocycles. The monoisotopic (exact) mass is 348 g/mol. The minimum absolute atomic E-state index is 0.136. The lowest BCUT2D eigenvalue weighted by Crippen LogP contribution is -2.43. The number of nitrogens with one attached hydrogen (secondary N) is 2. The van der Waals surface area contributed by atoms with Crippen LogP contribution < -0.4 is 10.6 Å². The van der Waals surface area contributed by atoms with Gasteiger partial charge in [0.2, 0.25) is 5.91 Å². The summed E-state index contributed by atoms with van der Waals surface area (Å²) in [4.78, 5) is 23.5. The van der Waals surface area contributed by atoms with Gasteiger partial charge in [0.05, 0.1) is 6.54 Å². The molecule has 0 saturated carbocycles. The van der Waals surface area contributed by atoms with E-state index in [1.807, 2.05) is 24.3 Å². The Labute approximate surface area is 149 Å². The maximum absolute atomic E-state index is 12.0. The summed E-state index contributed by atoms with van der Waals surface area (Å²) < 4.78 is 5.11. The predicted molar refractivity (Wildman–Crippen MR) is 95.1 cm³/mol. The number of hydrogen-bond donors (Lipinski definition) is 3. The van der Waals surface area contributed by atoms with Gasteiger partial charge in [-0.2, -0.15) is 0 Å². The van der Waals surface area contributed by atoms with E-state index in [9.17, 15) is 14.7 Å². The van der Waals surface area contributed by atoms with Crippen LogP contribution in [0, 0.1) is 0 Å². The van der Waals surface area contributed by atoms with Gasteiger partial charge in [-0.15, -0.1) is 0 Å². The maximum Gasteiger partial charge on any atom is 0.407 e. The largest absolute Gasteiger partial charge is 0.444 e. The molecule has 0 heterocycles. The van der Waals surface area contributed by atoms with Crippen molar-refractivity contribution in [1.29, 1.82) is 0 Å². The maximum atomic E-state index is 12.0. The molecule has 0 aliphatic heterocycles. The van der Waals surface area contributed by atoms with Gasteiger partial charge in [0, 0.05) is 13.0 Å². The van der Waals surface area contributed by atoms with E-state index in [4.69, 9.17) is 4.74 Å². The summed E-state index contributed by atoms with van der Waals surface area (Å²) in [5.41, 5.74) is 0.443. The quantitative estimate of drug-likeness (QED) is 0.761. The third kappa shape index (κ3) is 5.74. The van der Waals surface area contributed by atoms with Crippen LogP contribution in [0.2, 0.25) is 0 Å². The minimum Gasteiger partial charge on any atom is -0.444 e. The smallest absolute Gasteiger partial charge is 0.407 e. The number of rotatable bonds is 5. The fourth-order valence-electron chi connectivity index (χ4n) is 3.01. The third-order valence-electron chi connectivity index (χ3n) is 4.15. The minimum atomic E-state index is -1.02. The molecule has 0 radical (unpaired) electrons. The highest BCUT2D eigenvalue weighted by molar-refractivity contribution is 5.77. The zero-order chi connectivity index (χ0) is 18.5. The molecule has 138 valence electrons. The molecule has 1 aliphatic carbocycles. The van der Waals surface area contributed by atoms with Crippen LogP contribution in [0.15, 0.2) is 24.3 Å². The lowest BCUT2D eigenvalue weighted by atomic mass is 9.79. The van der Waals surface area contributed by atoms with Gasteiger partial charge in [-0.05, 0) is 51.2 Å². The molecular weight excluding hydrogens is 320 g/mol. The summed E-state index contributed by atoms with van der Waals surface area (Å²) in [6, 6.07) is 7.81. The van der Waals surface area contributed by atoms with E-state index in [1.54, 1.807) is 20.8 Å². The first kappa shape index (κ1) is 19.2. The van der Waals surface area contributed by atoms with Gasteiger partial charge in [0.1, 0.15) is 11.2 Å². The number of amides is 2. The first-order valence-corrected chi connectivity index (χ1v) is 8.74. The van der Waals surface area contributed by atoms with Gasteiger partial charge in [-0.3, -0.25) is 4.79 Å². The lowest BCUT2D eigenvalue weighted by Gasteiger charge is -2.34. The Hall–Kier alpha value is -2.08. The highest BCUT2D eigenvalue weighted by Crippen LogP contribution is 2.34. The van der Waals surface area contributed by atoms with E-state index in [-0.39, 0.29) is 25.4 Å². The van der Waals surface area contributed by atoms with Crippen molar-refractivity contribution in [1.82, 2.24) is 10.6 Å². The van der Waals surface area contributed by atoms with Crippen LogP contribution in [0.1, 0.15) is 51.2 Å². The Morgan fingerprint density at radius 1 is 1.24 bits per heavy atom. The van der Waals surface area contributed by atoms with Crippen LogP contribution in [-0.4, -0.2) is 35.8 Å². The summed E-state index contributed by atoms with van der Waals surface area (Å²) in [7, 11) is 0. The highest BCUT2D eigenvalue weighted by Gasteiger charge is 2.34. The van der Waals surface area contributed by atoms with Crippen molar-refractivity contribution < 1.29 is 19.4 Å². The van der Waals surface area contributed by atoms with Gasteiger partial charge in [0.25, 0.3) is 0 Å². The Morgan fingerprint density at radius 2 is 1.96 bits per heavy atom. The highest BCUT2D eigenvalue weighted by atomic mass is 16.6. The second-order valence-electron chi connectivity index (χ2n) is 7.50. The number of aryl methyl sites for hydroxylation is 1. The molecule has 25 heavy (non-hydrogen) atoms. The average Bonchev–Trinajstić information content (AvgIpc) is 2.52. The fraction of sp³-hybridized carbons (Fsp3) is 0.579. The summed E-state index contributed by atoms with van der Waals surface area (Å²) in [5, 5.41) is 16.2. The topological polar surface area (TPSA) is 87.7 Å². The van der Waals surface area contributed by atoms with Gasteiger partial charge in [-0.1, -0.05) is 24.3 Å². The molecule has 0 bridgehead atoms. The van der Waals surface area contributed by atoms with Crippen molar-refractivity contribution >= 4 is 12.0 Å². The average molecular weight is 348 g/mol. The van der Waals surface area contributed by atoms with E-state index in [0.717, 1.165) is 24.0 Å². The number of aliphatic hydroxyl groups is 1. The molecule has 2 rings (SSSR count). The molecule has 3 N–H and O–H groups in total. The Bertz CT molecular complexity index is 624. The number of carbonyl (C=O) groups is 2. The van der Waals surface area contributed by atoms with E-state index >= 15 is 0 Å². The Morgan fingerprint density at radius 3 is 2.68 bits per heavy atom. The number of fused-ring (bicyclic) bond motifs is 1. The SMILES string of the molecule is CC(C)(C)OC(=O)NCCC(=O)NCC1(O)CCCc2ccccc21. The van der Waals surface area contributed by atoms with E-state index in [2.05, 4.69) is 10.6 Å². The van der Waals surface area contributed by atoms with Crippen LogP contribution in [0.25, 0.3) is 0 Å². The molecular formula is C19H28N2O4. The molecule has 0 spiro atoms. The number of benzene rings is 1. The van der Waals surface area contributed by atoms with Crippen molar-refractivity contribution in [3.8, 4) is 0 Å². The van der Waals surface area contributed by atoms with Crippen molar-refractivity contribution in [3.05, 3.63) is 35.4 Å².